The summed E-state index contributed by atoms with van der Waals surface area (Å²) in [4.78, 5) is 4.54. The van der Waals surface area contributed by atoms with Crippen molar-refractivity contribution in [2.45, 2.75) is 33.1 Å². The minimum absolute atomic E-state index is 0.236. The van der Waals surface area contributed by atoms with Crippen LogP contribution in [0.3, 0.4) is 0 Å². The summed E-state index contributed by atoms with van der Waals surface area (Å²) in [7, 11) is 0. The number of nitrogens with zero attached hydrogens (tertiary/aromatic N) is 5. The van der Waals surface area contributed by atoms with Crippen LogP contribution in [0.2, 0.25) is 5.02 Å². The Hall–Kier alpha value is -1.28. The van der Waals surface area contributed by atoms with Gasteiger partial charge in [-0.2, -0.15) is 5.10 Å². The third-order valence-electron chi connectivity index (χ3n) is 4.56. The summed E-state index contributed by atoms with van der Waals surface area (Å²) < 4.78 is 18.5. The second-order valence-corrected chi connectivity index (χ2v) is 7.42. The maximum Gasteiger partial charge on any atom is 0.199 e. The van der Waals surface area contributed by atoms with E-state index in [2.05, 4.69) is 28.7 Å². The fraction of sp³-hybridized carbons (Fsp3) is 0.529. The van der Waals surface area contributed by atoms with Crippen LogP contribution in [0.1, 0.15) is 25.5 Å². The van der Waals surface area contributed by atoms with Crippen LogP contribution in [0.25, 0.3) is 0 Å². The van der Waals surface area contributed by atoms with E-state index in [1.54, 1.807) is 18.5 Å². The molecule has 0 aliphatic carbocycles. The maximum absolute atomic E-state index is 13.9. The Labute approximate surface area is 157 Å². The predicted octanol–water partition coefficient (Wildman–Crippen LogP) is 3.56. The number of benzene rings is 1. The van der Waals surface area contributed by atoms with Crippen molar-refractivity contribution in [3.05, 3.63) is 45.7 Å². The van der Waals surface area contributed by atoms with E-state index in [9.17, 15) is 4.39 Å². The molecule has 1 aromatic carbocycles. The zero-order chi connectivity index (χ0) is 18.0. The maximum atomic E-state index is 13.9. The molecule has 1 aromatic heterocycles. The standard InChI is InChI=1S/C17H23ClFN5S/c1-13(2)23-11-20-24(17(23)25)12-22-8-6-21(7-9-22)10-14-15(18)4-3-5-16(14)19/h3-5,11,13H,6-10,12H2,1-2H3. The summed E-state index contributed by atoms with van der Waals surface area (Å²) in [6, 6.07) is 5.15. The van der Waals surface area contributed by atoms with E-state index < -0.39 is 0 Å². The first-order valence-electron chi connectivity index (χ1n) is 8.47. The van der Waals surface area contributed by atoms with Gasteiger partial charge in [-0.15, -0.1) is 0 Å². The monoisotopic (exact) mass is 383 g/mol. The second kappa shape index (κ2) is 7.95. The van der Waals surface area contributed by atoms with Crippen molar-refractivity contribution in [2.75, 3.05) is 26.2 Å². The Morgan fingerprint density at radius 1 is 1.20 bits per heavy atom. The fourth-order valence-electron chi connectivity index (χ4n) is 2.99. The highest BCUT2D eigenvalue weighted by Gasteiger charge is 2.20. The van der Waals surface area contributed by atoms with Crippen molar-refractivity contribution in [1.29, 1.82) is 0 Å². The number of halogens is 2. The lowest BCUT2D eigenvalue weighted by Crippen LogP contribution is -2.46. The largest absolute Gasteiger partial charge is 0.304 e. The van der Waals surface area contributed by atoms with Crippen LogP contribution in [0, 0.1) is 10.6 Å². The average Bonchev–Trinajstić information content (AvgIpc) is 2.94. The molecule has 1 fully saturated rings. The third kappa shape index (κ3) is 4.28. The highest BCUT2D eigenvalue weighted by atomic mass is 35.5. The summed E-state index contributed by atoms with van der Waals surface area (Å²) in [6.45, 7) is 8.92. The number of piperazine rings is 1. The van der Waals surface area contributed by atoms with Gasteiger partial charge in [0.05, 0.1) is 6.67 Å². The number of hydrogen-bond donors (Lipinski definition) is 0. The lowest BCUT2D eigenvalue weighted by molar-refractivity contribution is 0.0973. The van der Waals surface area contributed by atoms with E-state index in [0.717, 1.165) is 31.0 Å². The number of rotatable bonds is 5. The molecule has 5 nitrogen and oxygen atoms in total. The smallest absolute Gasteiger partial charge is 0.199 e. The zero-order valence-corrected chi connectivity index (χ0v) is 16.1. The van der Waals surface area contributed by atoms with Gasteiger partial charge in [0.15, 0.2) is 4.77 Å². The topological polar surface area (TPSA) is 29.2 Å². The molecular formula is C17H23ClFN5S. The third-order valence-corrected chi connectivity index (χ3v) is 5.33. The van der Waals surface area contributed by atoms with Crippen LogP contribution in [0.4, 0.5) is 4.39 Å². The molecule has 0 N–H and O–H groups in total. The van der Waals surface area contributed by atoms with Crippen LogP contribution >= 0.6 is 23.8 Å². The van der Waals surface area contributed by atoms with Gasteiger partial charge in [0.25, 0.3) is 0 Å². The van der Waals surface area contributed by atoms with Crippen molar-refractivity contribution >= 4 is 23.8 Å². The normalized spacial score (nSPS) is 16.7. The van der Waals surface area contributed by atoms with Crippen molar-refractivity contribution in [2.24, 2.45) is 0 Å². The molecule has 0 radical (unpaired) electrons. The van der Waals surface area contributed by atoms with Crippen LogP contribution in [0.5, 0.6) is 0 Å². The molecule has 0 unspecified atom stereocenters. The van der Waals surface area contributed by atoms with Crippen LogP contribution in [-0.4, -0.2) is 50.3 Å². The van der Waals surface area contributed by atoms with Gasteiger partial charge in [0, 0.05) is 49.4 Å². The van der Waals surface area contributed by atoms with Crippen molar-refractivity contribution < 1.29 is 4.39 Å². The summed E-state index contributed by atoms with van der Waals surface area (Å²) in [6.07, 6.45) is 1.80. The first kappa shape index (κ1) is 18.5. The number of aromatic nitrogens is 3. The van der Waals surface area contributed by atoms with Crippen LogP contribution in [0.15, 0.2) is 24.5 Å². The zero-order valence-electron chi connectivity index (χ0n) is 14.5. The van der Waals surface area contributed by atoms with Gasteiger partial charge in [-0.25, -0.2) is 9.07 Å². The van der Waals surface area contributed by atoms with Gasteiger partial charge in [-0.1, -0.05) is 17.7 Å². The van der Waals surface area contributed by atoms with E-state index in [4.69, 9.17) is 23.8 Å². The molecule has 0 spiro atoms. The Balaban J connectivity index is 1.56. The minimum Gasteiger partial charge on any atom is -0.304 e. The molecule has 0 bridgehead atoms. The van der Waals surface area contributed by atoms with Gasteiger partial charge >= 0.3 is 0 Å². The minimum atomic E-state index is -0.236. The van der Waals surface area contributed by atoms with Gasteiger partial charge in [0.2, 0.25) is 0 Å². The molecule has 0 atom stereocenters. The summed E-state index contributed by atoms with van der Waals surface area (Å²) >= 11 is 11.6. The van der Waals surface area contributed by atoms with Crippen LogP contribution in [-0.2, 0) is 13.2 Å². The molecule has 25 heavy (non-hydrogen) atoms. The molecule has 2 heterocycles. The average molecular weight is 384 g/mol. The van der Waals surface area contributed by atoms with Gasteiger partial charge in [-0.3, -0.25) is 9.80 Å². The first-order valence-corrected chi connectivity index (χ1v) is 9.26. The molecule has 136 valence electrons. The summed E-state index contributed by atoms with van der Waals surface area (Å²) in [5.41, 5.74) is 0.579. The lowest BCUT2D eigenvalue weighted by atomic mass is 10.2. The second-order valence-electron chi connectivity index (χ2n) is 6.65. The molecular weight excluding hydrogens is 361 g/mol. The summed E-state index contributed by atoms with van der Waals surface area (Å²) in [5.74, 6) is -0.236. The molecule has 0 amide bonds. The highest BCUT2D eigenvalue weighted by Crippen LogP contribution is 2.21. The first-order chi connectivity index (χ1) is 12.0. The molecule has 2 aromatic rings. The predicted molar refractivity (Wildman–Crippen MR) is 99.7 cm³/mol. The Kier molecular flexibility index (Phi) is 5.89. The molecule has 8 heteroatoms. The van der Waals surface area contributed by atoms with Crippen molar-refractivity contribution in [3.8, 4) is 0 Å². The molecule has 1 aliphatic heterocycles. The van der Waals surface area contributed by atoms with E-state index in [0.29, 0.717) is 29.8 Å². The molecule has 3 rings (SSSR count). The quantitative estimate of drug-likeness (QED) is 0.738. The van der Waals surface area contributed by atoms with E-state index in [1.807, 2.05) is 9.25 Å². The van der Waals surface area contributed by atoms with Crippen molar-refractivity contribution in [3.63, 3.8) is 0 Å². The highest BCUT2D eigenvalue weighted by molar-refractivity contribution is 7.71. The van der Waals surface area contributed by atoms with Gasteiger partial charge < -0.3 is 4.57 Å². The van der Waals surface area contributed by atoms with Gasteiger partial charge in [0.1, 0.15) is 12.1 Å². The molecule has 0 saturated carbocycles. The Morgan fingerprint density at radius 2 is 1.88 bits per heavy atom. The molecule has 1 aliphatic rings. The SMILES string of the molecule is CC(C)n1cnn(CN2CCN(Cc3c(F)cccc3Cl)CC2)c1=S. The van der Waals surface area contributed by atoms with Crippen LogP contribution < -0.4 is 0 Å². The van der Waals surface area contributed by atoms with E-state index in [-0.39, 0.29) is 5.82 Å². The molecule has 1 saturated heterocycles. The van der Waals surface area contributed by atoms with E-state index >= 15 is 0 Å². The fourth-order valence-corrected chi connectivity index (χ4v) is 3.57. The number of hydrogen-bond acceptors (Lipinski definition) is 4. The Morgan fingerprint density at radius 3 is 2.48 bits per heavy atom. The van der Waals surface area contributed by atoms with Gasteiger partial charge in [-0.05, 0) is 38.2 Å². The Bertz CT molecular complexity index is 759. The van der Waals surface area contributed by atoms with E-state index in [1.165, 1.54) is 6.07 Å². The van der Waals surface area contributed by atoms with Crippen molar-refractivity contribution in [1.82, 2.24) is 24.1 Å². The lowest BCUT2D eigenvalue weighted by Gasteiger charge is -2.34. The summed E-state index contributed by atoms with van der Waals surface area (Å²) in [5, 5.41) is 4.89.